The number of hydrogen-bond donors (Lipinski definition) is 1. The number of anilines is 1. The highest BCUT2D eigenvalue weighted by molar-refractivity contribution is 7.92. The Hall–Kier alpha value is -3.85. The minimum atomic E-state index is -4.20. The third-order valence-electron chi connectivity index (χ3n) is 7.07. The molecular formula is C34H35Cl2N3O4S. The summed E-state index contributed by atoms with van der Waals surface area (Å²) in [6, 6.07) is 29.8. The predicted molar refractivity (Wildman–Crippen MR) is 176 cm³/mol. The Labute approximate surface area is 269 Å². The molecule has 0 spiro atoms. The highest BCUT2D eigenvalue weighted by atomic mass is 35.5. The van der Waals surface area contributed by atoms with Crippen molar-refractivity contribution in [3.63, 3.8) is 0 Å². The molecule has 0 saturated carbocycles. The molecule has 1 atom stereocenters. The molecule has 4 rings (SSSR count). The molecule has 4 aromatic carbocycles. The summed E-state index contributed by atoms with van der Waals surface area (Å²) in [7, 11) is -4.20. The molecule has 0 bridgehead atoms. The van der Waals surface area contributed by atoms with Gasteiger partial charge in [0.2, 0.25) is 11.8 Å². The van der Waals surface area contributed by atoms with Crippen molar-refractivity contribution in [1.29, 1.82) is 0 Å². The van der Waals surface area contributed by atoms with Crippen LogP contribution in [0.3, 0.4) is 0 Å². The number of amides is 2. The highest BCUT2D eigenvalue weighted by Gasteiger charge is 2.34. The summed E-state index contributed by atoms with van der Waals surface area (Å²) in [5, 5.41) is 3.85. The third kappa shape index (κ3) is 8.85. The number of nitrogens with zero attached hydrogens (tertiary/aromatic N) is 2. The second-order valence-electron chi connectivity index (χ2n) is 10.3. The van der Waals surface area contributed by atoms with Gasteiger partial charge in [-0.25, -0.2) is 8.42 Å². The quantitative estimate of drug-likeness (QED) is 0.153. The third-order valence-corrected chi connectivity index (χ3v) is 9.34. The average Bonchev–Trinajstić information content (AvgIpc) is 3.02. The summed E-state index contributed by atoms with van der Waals surface area (Å²) in [4.78, 5) is 29.6. The minimum Gasteiger partial charge on any atom is -0.354 e. The van der Waals surface area contributed by atoms with Crippen molar-refractivity contribution in [2.45, 2.75) is 43.7 Å². The van der Waals surface area contributed by atoms with Crippen LogP contribution in [0.1, 0.15) is 30.9 Å². The topological polar surface area (TPSA) is 86.8 Å². The van der Waals surface area contributed by atoms with Gasteiger partial charge in [0, 0.05) is 29.6 Å². The van der Waals surface area contributed by atoms with Crippen LogP contribution in [0.5, 0.6) is 0 Å². The number of sulfonamides is 1. The number of hydrogen-bond acceptors (Lipinski definition) is 4. The Kier molecular flexibility index (Phi) is 11.8. The van der Waals surface area contributed by atoms with Crippen molar-refractivity contribution >= 4 is 50.7 Å². The van der Waals surface area contributed by atoms with E-state index in [1.54, 1.807) is 48.5 Å². The number of benzene rings is 4. The van der Waals surface area contributed by atoms with Gasteiger partial charge in [0.1, 0.15) is 12.6 Å². The van der Waals surface area contributed by atoms with Crippen LogP contribution in [-0.2, 0) is 32.6 Å². The second-order valence-corrected chi connectivity index (χ2v) is 13.0. The molecule has 0 saturated heterocycles. The van der Waals surface area contributed by atoms with Crippen LogP contribution in [0.2, 0.25) is 10.0 Å². The average molecular weight is 653 g/mol. The van der Waals surface area contributed by atoms with Crippen LogP contribution < -0.4 is 9.62 Å². The number of halogens is 2. The minimum absolute atomic E-state index is 0.0157. The summed E-state index contributed by atoms with van der Waals surface area (Å²) in [5.41, 5.74) is 1.88. The molecule has 0 fully saturated rings. The first-order valence-electron chi connectivity index (χ1n) is 14.4. The van der Waals surface area contributed by atoms with Crippen LogP contribution in [0.25, 0.3) is 0 Å². The van der Waals surface area contributed by atoms with E-state index in [0.29, 0.717) is 27.8 Å². The molecule has 1 unspecified atom stereocenters. The van der Waals surface area contributed by atoms with E-state index in [4.69, 9.17) is 23.2 Å². The Balaban J connectivity index is 1.77. The molecule has 7 nitrogen and oxygen atoms in total. The standard InChI is InChI=1S/C34H35Cl2N3O4S/c1-2-3-21-37-34(41)32(23-26-11-6-4-7-12-26)38(24-27-13-10-14-29(36)22-27)33(40)25-39(30-15-8-5-9-16-30)44(42,43)31-19-17-28(35)18-20-31/h4-20,22,32H,2-3,21,23-25H2,1H3,(H,37,41). The molecule has 0 aliphatic carbocycles. The molecular weight excluding hydrogens is 617 g/mol. The lowest BCUT2D eigenvalue weighted by Crippen LogP contribution is -2.53. The van der Waals surface area contributed by atoms with Gasteiger partial charge in [0.15, 0.2) is 0 Å². The summed E-state index contributed by atoms with van der Waals surface area (Å²) in [6.07, 6.45) is 1.91. The van der Waals surface area contributed by atoms with E-state index in [0.717, 1.165) is 22.7 Å². The molecule has 0 radical (unpaired) electrons. The van der Waals surface area contributed by atoms with Gasteiger partial charge in [-0.1, -0.05) is 97.2 Å². The second kappa shape index (κ2) is 15.7. The molecule has 2 amide bonds. The SMILES string of the molecule is CCCCNC(=O)C(Cc1ccccc1)N(Cc1cccc(Cl)c1)C(=O)CN(c1ccccc1)S(=O)(=O)c1ccc(Cl)cc1. The molecule has 0 heterocycles. The maximum Gasteiger partial charge on any atom is 0.264 e. The Morgan fingerprint density at radius 1 is 0.795 bits per heavy atom. The van der Waals surface area contributed by atoms with Gasteiger partial charge in [0.25, 0.3) is 10.0 Å². The van der Waals surface area contributed by atoms with Crippen LogP contribution in [-0.4, -0.2) is 44.3 Å². The van der Waals surface area contributed by atoms with Gasteiger partial charge < -0.3 is 10.2 Å². The highest BCUT2D eigenvalue weighted by Crippen LogP contribution is 2.26. The van der Waals surface area contributed by atoms with Crippen molar-refractivity contribution in [2.75, 3.05) is 17.4 Å². The maximum atomic E-state index is 14.4. The van der Waals surface area contributed by atoms with Crippen molar-refractivity contribution < 1.29 is 18.0 Å². The number of para-hydroxylation sites is 1. The van der Waals surface area contributed by atoms with Gasteiger partial charge in [-0.2, -0.15) is 0 Å². The van der Waals surface area contributed by atoms with Gasteiger partial charge in [0.05, 0.1) is 10.6 Å². The molecule has 10 heteroatoms. The Bertz CT molecular complexity index is 1640. The fraction of sp³-hybridized carbons (Fsp3) is 0.235. The predicted octanol–water partition coefficient (Wildman–Crippen LogP) is 6.75. The van der Waals surface area contributed by atoms with Crippen molar-refractivity contribution in [1.82, 2.24) is 10.2 Å². The van der Waals surface area contributed by atoms with Gasteiger partial charge in [-0.15, -0.1) is 0 Å². The van der Waals surface area contributed by atoms with Gasteiger partial charge >= 0.3 is 0 Å². The number of unbranched alkanes of at least 4 members (excludes halogenated alkanes) is 1. The van der Waals surface area contributed by atoms with Crippen molar-refractivity contribution in [2.24, 2.45) is 0 Å². The van der Waals surface area contributed by atoms with E-state index in [1.807, 2.05) is 43.3 Å². The van der Waals surface area contributed by atoms with E-state index in [9.17, 15) is 18.0 Å². The van der Waals surface area contributed by atoms with E-state index in [-0.39, 0.29) is 23.8 Å². The van der Waals surface area contributed by atoms with Crippen LogP contribution >= 0.6 is 23.2 Å². The Morgan fingerprint density at radius 2 is 1.43 bits per heavy atom. The van der Waals surface area contributed by atoms with E-state index >= 15 is 0 Å². The Morgan fingerprint density at radius 3 is 2.07 bits per heavy atom. The van der Waals surface area contributed by atoms with E-state index in [2.05, 4.69) is 5.32 Å². The molecule has 4 aromatic rings. The molecule has 0 aromatic heterocycles. The summed E-state index contributed by atoms with van der Waals surface area (Å²) >= 11 is 12.3. The fourth-order valence-electron chi connectivity index (χ4n) is 4.75. The fourth-order valence-corrected chi connectivity index (χ4v) is 6.50. The zero-order valence-electron chi connectivity index (χ0n) is 24.4. The van der Waals surface area contributed by atoms with Crippen molar-refractivity contribution in [3.8, 4) is 0 Å². The number of nitrogens with one attached hydrogen (secondary N) is 1. The lowest BCUT2D eigenvalue weighted by atomic mass is 10.0. The van der Waals surface area contributed by atoms with Crippen LogP contribution in [0.4, 0.5) is 5.69 Å². The van der Waals surface area contributed by atoms with Gasteiger partial charge in [-0.05, 0) is 66.1 Å². The first-order chi connectivity index (χ1) is 21.2. The largest absolute Gasteiger partial charge is 0.354 e. The smallest absolute Gasteiger partial charge is 0.264 e. The molecule has 0 aliphatic rings. The molecule has 230 valence electrons. The number of carbonyl (C=O) groups excluding carboxylic acids is 2. The number of carbonyl (C=O) groups is 2. The van der Waals surface area contributed by atoms with E-state index < -0.39 is 28.5 Å². The molecule has 1 N–H and O–H groups in total. The normalized spacial score (nSPS) is 11.9. The zero-order chi connectivity index (χ0) is 31.5. The van der Waals surface area contributed by atoms with Crippen LogP contribution in [0.15, 0.2) is 114 Å². The molecule has 0 aliphatic heterocycles. The number of rotatable bonds is 14. The maximum absolute atomic E-state index is 14.4. The monoisotopic (exact) mass is 651 g/mol. The molecule has 44 heavy (non-hydrogen) atoms. The summed E-state index contributed by atoms with van der Waals surface area (Å²) in [6.45, 7) is 1.99. The first kappa shape index (κ1) is 33.1. The van der Waals surface area contributed by atoms with E-state index in [1.165, 1.54) is 29.2 Å². The van der Waals surface area contributed by atoms with Gasteiger partial charge in [-0.3, -0.25) is 13.9 Å². The first-order valence-corrected chi connectivity index (χ1v) is 16.6. The lowest BCUT2D eigenvalue weighted by Gasteiger charge is -2.34. The lowest BCUT2D eigenvalue weighted by molar-refractivity contribution is -0.140. The summed E-state index contributed by atoms with van der Waals surface area (Å²) < 4.78 is 29.0. The zero-order valence-corrected chi connectivity index (χ0v) is 26.7. The van der Waals surface area contributed by atoms with Crippen molar-refractivity contribution in [3.05, 3.63) is 130 Å². The van der Waals surface area contributed by atoms with Crippen LogP contribution in [0, 0.1) is 0 Å². The summed E-state index contributed by atoms with van der Waals surface area (Å²) in [5.74, 6) is -0.859.